The van der Waals surface area contributed by atoms with E-state index in [1.165, 1.54) is 21.1 Å². The van der Waals surface area contributed by atoms with Crippen LogP contribution in [0.2, 0.25) is 0 Å². The molecule has 0 radical (unpaired) electrons. The van der Waals surface area contributed by atoms with Gasteiger partial charge in [0.25, 0.3) is 5.91 Å². The Morgan fingerprint density at radius 1 is 1.22 bits per heavy atom. The fourth-order valence-electron chi connectivity index (χ4n) is 3.39. The third-order valence-electron chi connectivity index (χ3n) is 4.74. The van der Waals surface area contributed by atoms with Crippen LogP contribution < -0.4 is 9.80 Å². The maximum absolute atomic E-state index is 12.3. The zero-order valence-electron chi connectivity index (χ0n) is 13.5. The summed E-state index contributed by atoms with van der Waals surface area (Å²) in [6.45, 7) is 8.60. The van der Waals surface area contributed by atoms with Gasteiger partial charge in [-0.3, -0.25) is 4.79 Å². The van der Waals surface area contributed by atoms with Gasteiger partial charge in [0.05, 0.1) is 44.3 Å². The van der Waals surface area contributed by atoms with Crippen molar-refractivity contribution in [3.63, 3.8) is 0 Å². The first-order chi connectivity index (χ1) is 11.2. The smallest absolute Gasteiger partial charge is 0.264 e. The number of quaternary nitrogens is 2. The number of aliphatic hydroxyl groups is 1. The normalized spacial score (nSPS) is 22.2. The van der Waals surface area contributed by atoms with Crippen molar-refractivity contribution >= 4 is 17.2 Å². The van der Waals surface area contributed by atoms with Gasteiger partial charge in [-0.2, -0.15) is 0 Å². The van der Waals surface area contributed by atoms with E-state index in [4.69, 9.17) is 4.74 Å². The van der Waals surface area contributed by atoms with Crippen LogP contribution in [0.4, 0.5) is 0 Å². The van der Waals surface area contributed by atoms with Gasteiger partial charge in [-0.15, -0.1) is 11.3 Å². The monoisotopic (exact) mass is 341 g/mol. The molecule has 1 atom stereocenters. The van der Waals surface area contributed by atoms with Crippen molar-refractivity contribution in [2.75, 3.05) is 65.6 Å². The third-order valence-corrected chi connectivity index (χ3v) is 5.60. The summed E-state index contributed by atoms with van der Waals surface area (Å²) < 4.78 is 5.35. The van der Waals surface area contributed by atoms with E-state index in [1.54, 1.807) is 0 Å². The van der Waals surface area contributed by atoms with Crippen molar-refractivity contribution in [3.8, 4) is 0 Å². The van der Waals surface area contributed by atoms with E-state index in [2.05, 4.69) is 0 Å². The van der Waals surface area contributed by atoms with Crippen LogP contribution >= 0.6 is 11.3 Å². The van der Waals surface area contributed by atoms with Gasteiger partial charge in [-0.05, 0) is 11.4 Å². The standard InChI is InChI=1S/C16H25N3O3S/c20-14(13-18-7-9-22-10-8-18)12-17-3-5-19(6-4-17)16(21)15-2-1-11-23-15/h1-2,11,14,20H,3-10,12-13H2/p+2/t14-/m0/s1. The highest BCUT2D eigenvalue weighted by atomic mass is 32.1. The van der Waals surface area contributed by atoms with Crippen LogP contribution in [0.1, 0.15) is 9.67 Å². The molecule has 0 spiro atoms. The Hall–Kier alpha value is -0.990. The van der Waals surface area contributed by atoms with Gasteiger partial charge in [0.1, 0.15) is 26.2 Å². The number of hydrogen-bond donors (Lipinski definition) is 3. The van der Waals surface area contributed by atoms with Crippen LogP contribution in [0.15, 0.2) is 17.5 Å². The second-order valence-electron chi connectivity index (χ2n) is 6.44. The number of nitrogens with zero attached hydrogens (tertiary/aromatic N) is 1. The zero-order chi connectivity index (χ0) is 16.1. The van der Waals surface area contributed by atoms with Gasteiger partial charge in [0.15, 0.2) is 6.10 Å². The second kappa shape index (κ2) is 8.21. The second-order valence-corrected chi connectivity index (χ2v) is 7.39. The Kier molecular flexibility index (Phi) is 6.02. The number of hydrogen-bond acceptors (Lipinski definition) is 4. The summed E-state index contributed by atoms with van der Waals surface area (Å²) in [6, 6.07) is 3.81. The molecule has 3 N–H and O–H groups in total. The number of ether oxygens (including phenoxy) is 1. The maximum atomic E-state index is 12.3. The minimum atomic E-state index is -0.266. The summed E-state index contributed by atoms with van der Waals surface area (Å²) in [6.07, 6.45) is -0.266. The highest BCUT2D eigenvalue weighted by molar-refractivity contribution is 7.12. The number of piperazine rings is 1. The molecule has 0 unspecified atom stereocenters. The van der Waals surface area contributed by atoms with E-state index >= 15 is 0 Å². The Balaban J connectivity index is 1.39. The van der Waals surface area contributed by atoms with Crippen LogP contribution in [-0.4, -0.2) is 87.6 Å². The molecule has 0 aromatic carbocycles. The van der Waals surface area contributed by atoms with Gasteiger partial charge >= 0.3 is 0 Å². The van der Waals surface area contributed by atoms with E-state index in [0.29, 0.717) is 0 Å². The topological polar surface area (TPSA) is 58.7 Å². The molecule has 1 aromatic heterocycles. The Morgan fingerprint density at radius 3 is 2.48 bits per heavy atom. The van der Waals surface area contributed by atoms with Crippen LogP contribution in [0, 0.1) is 0 Å². The molecule has 128 valence electrons. The van der Waals surface area contributed by atoms with Crippen LogP contribution in [0.3, 0.4) is 0 Å². The maximum Gasteiger partial charge on any atom is 0.264 e. The highest BCUT2D eigenvalue weighted by Gasteiger charge is 2.28. The number of thiophene rings is 1. The first kappa shape index (κ1) is 16.9. The molecule has 3 rings (SSSR count). The van der Waals surface area contributed by atoms with Gasteiger partial charge in [0, 0.05) is 0 Å². The van der Waals surface area contributed by atoms with Crippen molar-refractivity contribution in [1.82, 2.24) is 4.90 Å². The third kappa shape index (κ3) is 4.74. The molecule has 1 amide bonds. The average molecular weight is 341 g/mol. The van der Waals surface area contributed by atoms with Gasteiger partial charge in [0.2, 0.25) is 0 Å². The number of morpholine rings is 1. The van der Waals surface area contributed by atoms with E-state index in [1.807, 2.05) is 22.4 Å². The molecule has 1 aromatic rings. The van der Waals surface area contributed by atoms with Crippen molar-refractivity contribution < 1.29 is 24.4 Å². The number of carbonyl (C=O) groups is 1. The first-order valence-electron chi connectivity index (χ1n) is 8.48. The fraction of sp³-hybridized carbons (Fsp3) is 0.688. The van der Waals surface area contributed by atoms with E-state index in [9.17, 15) is 9.90 Å². The Morgan fingerprint density at radius 2 is 1.87 bits per heavy atom. The molecule has 2 fully saturated rings. The van der Waals surface area contributed by atoms with Crippen molar-refractivity contribution in [2.24, 2.45) is 0 Å². The predicted molar refractivity (Wildman–Crippen MR) is 88.2 cm³/mol. The summed E-state index contributed by atoms with van der Waals surface area (Å²) >= 11 is 1.50. The summed E-state index contributed by atoms with van der Waals surface area (Å²) in [5, 5.41) is 12.3. The van der Waals surface area contributed by atoms with Crippen molar-refractivity contribution in [1.29, 1.82) is 0 Å². The van der Waals surface area contributed by atoms with Gasteiger partial charge < -0.3 is 24.5 Å². The van der Waals surface area contributed by atoms with Crippen molar-refractivity contribution in [3.05, 3.63) is 22.4 Å². The lowest BCUT2D eigenvalue weighted by Crippen LogP contribution is -3.19. The first-order valence-corrected chi connectivity index (χ1v) is 9.36. The highest BCUT2D eigenvalue weighted by Crippen LogP contribution is 2.11. The molecule has 6 nitrogen and oxygen atoms in total. The number of carbonyl (C=O) groups excluding carboxylic acids is 1. The van der Waals surface area contributed by atoms with Crippen LogP contribution in [0.25, 0.3) is 0 Å². The van der Waals surface area contributed by atoms with E-state index < -0.39 is 0 Å². The van der Waals surface area contributed by atoms with E-state index in [-0.39, 0.29) is 12.0 Å². The number of nitrogens with one attached hydrogen (secondary N) is 2. The van der Waals surface area contributed by atoms with Gasteiger partial charge in [-0.25, -0.2) is 0 Å². The van der Waals surface area contributed by atoms with Crippen LogP contribution in [0.5, 0.6) is 0 Å². The Bertz CT molecular complexity index is 483. The van der Waals surface area contributed by atoms with E-state index in [0.717, 1.165) is 70.4 Å². The number of rotatable bonds is 5. The minimum absolute atomic E-state index is 0.150. The fourth-order valence-corrected chi connectivity index (χ4v) is 4.08. The Labute approximate surface area is 141 Å². The molecule has 2 aliphatic heterocycles. The molecule has 7 heteroatoms. The lowest BCUT2D eigenvalue weighted by molar-refractivity contribution is -0.930. The predicted octanol–water partition coefficient (Wildman–Crippen LogP) is -2.64. The molecule has 23 heavy (non-hydrogen) atoms. The number of amides is 1. The summed E-state index contributed by atoms with van der Waals surface area (Å²) in [7, 11) is 0. The number of aliphatic hydroxyl groups excluding tert-OH is 1. The average Bonchev–Trinajstić information content (AvgIpc) is 3.10. The van der Waals surface area contributed by atoms with Crippen molar-refractivity contribution in [2.45, 2.75) is 6.10 Å². The van der Waals surface area contributed by atoms with Crippen LogP contribution in [-0.2, 0) is 4.74 Å². The largest absolute Gasteiger partial charge is 0.382 e. The lowest BCUT2D eigenvalue weighted by Gasteiger charge is -2.33. The minimum Gasteiger partial charge on any atom is -0.382 e. The molecular formula is C16H27N3O3S+2. The molecule has 3 heterocycles. The summed E-state index contributed by atoms with van der Waals surface area (Å²) in [5.74, 6) is 0.150. The SMILES string of the molecule is O=C(c1cccs1)N1CC[NH+](C[C@H](O)C[NH+]2CCOCC2)CC1. The molecule has 2 saturated heterocycles. The van der Waals surface area contributed by atoms with Gasteiger partial charge in [-0.1, -0.05) is 6.07 Å². The summed E-state index contributed by atoms with van der Waals surface area (Å²) in [4.78, 5) is 17.9. The zero-order valence-corrected chi connectivity index (χ0v) is 14.3. The molecule has 0 bridgehead atoms. The molecule has 2 aliphatic rings. The lowest BCUT2D eigenvalue weighted by atomic mass is 10.2. The summed E-state index contributed by atoms with van der Waals surface area (Å²) in [5.41, 5.74) is 0. The quantitative estimate of drug-likeness (QED) is 0.549. The molecule has 0 saturated carbocycles. The molecule has 0 aliphatic carbocycles. The molecular weight excluding hydrogens is 314 g/mol.